The van der Waals surface area contributed by atoms with Crippen LogP contribution >= 0.6 is 0 Å². The summed E-state index contributed by atoms with van der Waals surface area (Å²) in [5.41, 5.74) is 1.02. The second kappa shape index (κ2) is 7.37. The number of carbonyl (C=O) groups excluding carboxylic acids is 1. The molecule has 0 unspecified atom stereocenters. The largest absolute Gasteiger partial charge is 0.378 e. The highest BCUT2D eigenvalue weighted by Crippen LogP contribution is 2.16. The molecular weight excluding hydrogens is 292 g/mol. The van der Waals surface area contributed by atoms with Crippen LogP contribution in [0.5, 0.6) is 0 Å². The third-order valence-electron chi connectivity index (χ3n) is 4.09. The van der Waals surface area contributed by atoms with Crippen LogP contribution in [-0.4, -0.2) is 33.2 Å². The zero-order valence-corrected chi connectivity index (χ0v) is 13.4. The summed E-state index contributed by atoms with van der Waals surface area (Å²) in [7, 11) is 0. The third-order valence-corrected chi connectivity index (χ3v) is 4.09. The van der Waals surface area contributed by atoms with E-state index in [0.717, 1.165) is 43.1 Å². The Kier molecular flexibility index (Phi) is 5.02. The van der Waals surface area contributed by atoms with E-state index in [4.69, 9.17) is 4.74 Å². The lowest BCUT2D eigenvalue weighted by molar-refractivity contribution is -0.121. The molecule has 1 atom stereocenters. The zero-order valence-electron chi connectivity index (χ0n) is 13.4. The molecule has 1 aliphatic rings. The summed E-state index contributed by atoms with van der Waals surface area (Å²) in [5.74, 6) is 1.76. The predicted octanol–water partition coefficient (Wildman–Crippen LogP) is 2.15. The summed E-state index contributed by atoms with van der Waals surface area (Å²) < 4.78 is 7.46. The van der Waals surface area contributed by atoms with Crippen LogP contribution in [0.25, 0.3) is 5.82 Å². The molecule has 23 heavy (non-hydrogen) atoms. The molecule has 1 saturated heterocycles. The Morgan fingerprint density at radius 2 is 2.35 bits per heavy atom. The van der Waals surface area contributed by atoms with Crippen molar-refractivity contribution in [3.05, 3.63) is 42.1 Å². The van der Waals surface area contributed by atoms with E-state index < -0.39 is 0 Å². The first-order valence-corrected chi connectivity index (χ1v) is 8.06. The lowest BCUT2D eigenvalue weighted by Gasteiger charge is -2.10. The molecule has 0 aromatic carbocycles. The van der Waals surface area contributed by atoms with Gasteiger partial charge in [-0.2, -0.15) is 0 Å². The number of nitrogens with zero attached hydrogens (tertiary/aromatic N) is 3. The number of nitrogens with one attached hydrogen (secondary N) is 1. The van der Waals surface area contributed by atoms with Crippen molar-refractivity contribution >= 4 is 5.91 Å². The van der Waals surface area contributed by atoms with Crippen LogP contribution in [0.15, 0.2) is 30.7 Å². The molecule has 6 nitrogen and oxygen atoms in total. The molecule has 0 saturated carbocycles. The Balaban J connectivity index is 1.52. The number of ether oxygens (including phenoxy) is 1. The lowest BCUT2D eigenvalue weighted by Crippen LogP contribution is -2.24. The summed E-state index contributed by atoms with van der Waals surface area (Å²) in [6, 6.07) is 3.88. The van der Waals surface area contributed by atoms with Gasteiger partial charge in [-0.25, -0.2) is 9.97 Å². The standard InChI is InChI=1S/C17H22N4O2/c1-13-18-8-9-21(13)16-11-14(6-7-19-16)12-20-17(22)5-4-15-3-2-10-23-15/h6-9,11,15H,2-5,10,12H2,1H3,(H,20,22)/t15-/m0/s1. The Morgan fingerprint density at radius 3 is 3.09 bits per heavy atom. The Labute approximate surface area is 135 Å². The number of aromatic nitrogens is 3. The van der Waals surface area contributed by atoms with E-state index in [1.807, 2.05) is 29.8 Å². The number of pyridine rings is 1. The Hall–Kier alpha value is -2.21. The van der Waals surface area contributed by atoms with E-state index in [1.165, 1.54) is 0 Å². The minimum atomic E-state index is 0.0673. The van der Waals surface area contributed by atoms with Crippen molar-refractivity contribution in [3.8, 4) is 5.82 Å². The van der Waals surface area contributed by atoms with Crippen molar-refractivity contribution in [1.29, 1.82) is 0 Å². The molecule has 1 amide bonds. The quantitative estimate of drug-likeness (QED) is 0.887. The van der Waals surface area contributed by atoms with Gasteiger partial charge in [-0.15, -0.1) is 0 Å². The van der Waals surface area contributed by atoms with Crippen molar-refractivity contribution in [3.63, 3.8) is 0 Å². The van der Waals surface area contributed by atoms with Gasteiger partial charge in [0.25, 0.3) is 0 Å². The molecule has 122 valence electrons. The highest BCUT2D eigenvalue weighted by molar-refractivity contribution is 5.75. The van der Waals surface area contributed by atoms with Crippen molar-refractivity contribution in [2.24, 2.45) is 0 Å². The average Bonchev–Trinajstić information content (AvgIpc) is 3.22. The molecule has 2 aromatic heterocycles. The molecule has 0 aliphatic carbocycles. The fourth-order valence-corrected chi connectivity index (χ4v) is 2.78. The molecule has 0 spiro atoms. The molecule has 3 rings (SSSR count). The smallest absolute Gasteiger partial charge is 0.220 e. The number of hydrogen-bond acceptors (Lipinski definition) is 4. The molecule has 2 aromatic rings. The van der Waals surface area contributed by atoms with Gasteiger partial charge in [-0.3, -0.25) is 9.36 Å². The van der Waals surface area contributed by atoms with E-state index in [9.17, 15) is 4.79 Å². The third kappa shape index (κ3) is 4.16. The van der Waals surface area contributed by atoms with Gasteiger partial charge < -0.3 is 10.1 Å². The van der Waals surface area contributed by atoms with Gasteiger partial charge >= 0.3 is 0 Å². The van der Waals surface area contributed by atoms with E-state index in [2.05, 4.69) is 15.3 Å². The summed E-state index contributed by atoms with van der Waals surface area (Å²) in [6.45, 7) is 3.27. The fourth-order valence-electron chi connectivity index (χ4n) is 2.78. The number of hydrogen-bond donors (Lipinski definition) is 1. The molecule has 3 heterocycles. The van der Waals surface area contributed by atoms with Crippen LogP contribution in [0.4, 0.5) is 0 Å². The van der Waals surface area contributed by atoms with Crippen molar-refractivity contribution in [2.75, 3.05) is 6.61 Å². The highest BCUT2D eigenvalue weighted by Gasteiger charge is 2.16. The minimum Gasteiger partial charge on any atom is -0.378 e. The Morgan fingerprint density at radius 1 is 1.43 bits per heavy atom. The van der Waals surface area contributed by atoms with Gasteiger partial charge in [0.05, 0.1) is 6.10 Å². The maximum absolute atomic E-state index is 11.9. The molecule has 1 aliphatic heterocycles. The number of aryl methyl sites for hydroxylation is 1. The minimum absolute atomic E-state index is 0.0673. The lowest BCUT2D eigenvalue weighted by atomic mass is 10.1. The van der Waals surface area contributed by atoms with Gasteiger partial charge in [-0.05, 0) is 43.9 Å². The van der Waals surface area contributed by atoms with Gasteiger partial charge in [0.1, 0.15) is 11.6 Å². The average molecular weight is 314 g/mol. The van der Waals surface area contributed by atoms with Gasteiger partial charge in [0.15, 0.2) is 0 Å². The number of carbonyl (C=O) groups is 1. The molecule has 1 fully saturated rings. The summed E-state index contributed by atoms with van der Waals surface area (Å²) in [5, 5.41) is 2.96. The van der Waals surface area contributed by atoms with Crippen LogP contribution < -0.4 is 5.32 Å². The van der Waals surface area contributed by atoms with Crippen LogP contribution in [0.3, 0.4) is 0 Å². The number of rotatable bonds is 6. The van der Waals surface area contributed by atoms with Crippen LogP contribution in [0.2, 0.25) is 0 Å². The SMILES string of the molecule is Cc1nccn1-c1cc(CNC(=O)CC[C@@H]2CCCO2)ccn1. The van der Waals surface area contributed by atoms with E-state index in [1.54, 1.807) is 12.4 Å². The summed E-state index contributed by atoms with van der Waals surface area (Å²) in [4.78, 5) is 20.5. The second-order valence-corrected chi connectivity index (χ2v) is 5.82. The van der Waals surface area contributed by atoms with Crippen molar-refractivity contribution in [1.82, 2.24) is 19.9 Å². The second-order valence-electron chi connectivity index (χ2n) is 5.82. The van der Waals surface area contributed by atoms with Crippen molar-refractivity contribution < 1.29 is 9.53 Å². The highest BCUT2D eigenvalue weighted by atomic mass is 16.5. The molecular formula is C17H22N4O2. The molecule has 0 bridgehead atoms. The fraction of sp³-hybridized carbons (Fsp3) is 0.471. The predicted molar refractivity (Wildman–Crippen MR) is 86.2 cm³/mol. The Bertz CT molecular complexity index is 662. The zero-order chi connectivity index (χ0) is 16.1. The van der Waals surface area contributed by atoms with Crippen LogP contribution in [0.1, 0.15) is 37.1 Å². The molecule has 1 N–H and O–H groups in total. The first-order valence-electron chi connectivity index (χ1n) is 8.06. The van der Waals surface area contributed by atoms with Gasteiger partial charge in [0, 0.05) is 38.2 Å². The summed E-state index contributed by atoms with van der Waals surface area (Å²) in [6.07, 6.45) is 9.15. The monoisotopic (exact) mass is 314 g/mol. The first-order chi connectivity index (χ1) is 11.2. The van der Waals surface area contributed by atoms with Crippen LogP contribution in [-0.2, 0) is 16.1 Å². The van der Waals surface area contributed by atoms with Gasteiger partial charge in [0.2, 0.25) is 5.91 Å². The number of imidazole rings is 1. The summed E-state index contributed by atoms with van der Waals surface area (Å²) >= 11 is 0. The maximum Gasteiger partial charge on any atom is 0.220 e. The topological polar surface area (TPSA) is 69.0 Å². The van der Waals surface area contributed by atoms with Gasteiger partial charge in [-0.1, -0.05) is 0 Å². The molecule has 6 heteroatoms. The van der Waals surface area contributed by atoms with E-state index in [0.29, 0.717) is 13.0 Å². The maximum atomic E-state index is 11.9. The van der Waals surface area contributed by atoms with E-state index in [-0.39, 0.29) is 12.0 Å². The van der Waals surface area contributed by atoms with E-state index >= 15 is 0 Å². The normalized spacial score (nSPS) is 17.3. The first kappa shape index (κ1) is 15.7. The van der Waals surface area contributed by atoms with Crippen molar-refractivity contribution in [2.45, 2.75) is 45.3 Å². The van der Waals surface area contributed by atoms with Crippen LogP contribution in [0, 0.1) is 6.92 Å². The molecule has 0 radical (unpaired) electrons. The number of amides is 1.